The molecule has 14 heavy (non-hydrogen) atoms. The standard InChI is InChI=1S/C11H15F2N/c1-3-7(2)11(14)9-5-4-8(12)6-10(9)13/h4-7,11H,3,14H2,1-2H3. The van der Waals surface area contributed by atoms with Gasteiger partial charge in [0.1, 0.15) is 11.6 Å². The van der Waals surface area contributed by atoms with Crippen molar-refractivity contribution in [1.82, 2.24) is 0 Å². The molecule has 78 valence electrons. The predicted octanol–water partition coefficient (Wildman–Crippen LogP) is 3.01. The van der Waals surface area contributed by atoms with Gasteiger partial charge in [0.25, 0.3) is 0 Å². The van der Waals surface area contributed by atoms with Crippen LogP contribution >= 0.6 is 0 Å². The van der Waals surface area contributed by atoms with Crippen molar-refractivity contribution in [3.63, 3.8) is 0 Å². The van der Waals surface area contributed by atoms with Crippen LogP contribution in [0.5, 0.6) is 0 Å². The molecular weight excluding hydrogens is 184 g/mol. The maximum atomic E-state index is 13.3. The Morgan fingerprint density at radius 1 is 1.36 bits per heavy atom. The predicted molar refractivity (Wildman–Crippen MR) is 52.7 cm³/mol. The van der Waals surface area contributed by atoms with E-state index < -0.39 is 11.6 Å². The Labute approximate surface area is 82.9 Å². The van der Waals surface area contributed by atoms with Gasteiger partial charge in [0, 0.05) is 17.7 Å². The van der Waals surface area contributed by atoms with Gasteiger partial charge in [-0.2, -0.15) is 0 Å². The van der Waals surface area contributed by atoms with E-state index in [9.17, 15) is 8.78 Å². The Kier molecular flexibility index (Phi) is 3.58. The van der Waals surface area contributed by atoms with Gasteiger partial charge in [-0.1, -0.05) is 26.3 Å². The van der Waals surface area contributed by atoms with Crippen LogP contribution in [0, 0.1) is 17.6 Å². The summed E-state index contributed by atoms with van der Waals surface area (Å²) in [5, 5.41) is 0. The fraction of sp³-hybridized carbons (Fsp3) is 0.455. The fourth-order valence-corrected chi connectivity index (χ4v) is 1.33. The molecule has 2 N–H and O–H groups in total. The molecule has 0 saturated carbocycles. The molecule has 0 bridgehead atoms. The van der Waals surface area contributed by atoms with Crippen LogP contribution in [-0.2, 0) is 0 Å². The Morgan fingerprint density at radius 2 is 2.00 bits per heavy atom. The van der Waals surface area contributed by atoms with E-state index in [1.807, 2.05) is 13.8 Å². The largest absolute Gasteiger partial charge is 0.324 e. The molecule has 0 amide bonds. The van der Waals surface area contributed by atoms with Gasteiger partial charge in [0.2, 0.25) is 0 Å². The molecule has 0 aromatic heterocycles. The number of rotatable bonds is 3. The Bertz CT molecular complexity index is 312. The highest BCUT2D eigenvalue weighted by atomic mass is 19.1. The first kappa shape index (κ1) is 11.1. The van der Waals surface area contributed by atoms with Gasteiger partial charge in [-0.15, -0.1) is 0 Å². The first-order valence-corrected chi connectivity index (χ1v) is 4.76. The maximum Gasteiger partial charge on any atom is 0.130 e. The van der Waals surface area contributed by atoms with Gasteiger partial charge in [0.15, 0.2) is 0 Å². The second-order valence-electron chi connectivity index (χ2n) is 3.58. The van der Waals surface area contributed by atoms with Gasteiger partial charge >= 0.3 is 0 Å². The quantitative estimate of drug-likeness (QED) is 0.795. The topological polar surface area (TPSA) is 26.0 Å². The van der Waals surface area contributed by atoms with Crippen molar-refractivity contribution in [2.75, 3.05) is 0 Å². The number of nitrogens with two attached hydrogens (primary N) is 1. The van der Waals surface area contributed by atoms with Gasteiger partial charge in [0.05, 0.1) is 0 Å². The highest BCUT2D eigenvalue weighted by molar-refractivity contribution is 5.22. The van der Waals surface area contributed by atoms with Crippen LogP contribution in [0.25, 0.3) is 0 Å². The summed E-state index contributed by atoms with van der Waals surface area (Å²) in [7, 11) is 0. The zero-order valence-electron chi connectivity index (χ0n) is 8.43. The van der Waals surface area contributed by atoms with Crippen molar-refractivity contribution in [2.45, 2.75) is 26.3 Å². The van der Waals surface area contributed by atoms with Crippen LogP contribution in [0.1, 0.15) is 31.9 Å². The third-order valence-corrected chi connectivity index (χ3v) is 2.58. The highest BCUT2D eigenvalue weighted by Crippen LogP contribution is 2.24. The molecule has 1 aromatic rings. The molecule has 0 saturated heterocycles. The molecule has 0 radical (unpaired) electrons. The zero-order chi connectivity index (χ0) is 10.7. The fourth-order valence-electron chi connectivity index (χ4n) is 1.33. The van der Waals surface area contributed by atoms with Crippen molar-refractivity contribution < 1.29 is 8.78 Å². The summed E-state index contributed by atoms with van der Waals surface area (Å²) in [6, 6.07) is 3.17. The SMILES string of the molecule is CCC(C)C(N)c1ccc(F)cc1F. The highest BCUT2D eigenvalue weighted by Gasteiger charge is 2.16. The third-order valence-electron chi connectivity index (χ3n) is 2.58. The molecule has 0 aliphatic heterocycles. The average molecular weight is 199 g/mol. The average Bonchev–Trinajstić information content (AvgIpc) is 2.15. The summed E-state index contributed by atoms with van der Waals surface area (Å²) in [5.41, 5.74) is 6.23. The number of hydrogen-bond donors (Lipinski definition) is 1. The molecule has 0 aliphatic carbocycles. The van der Waals surface area contributed by atoms with Crippen molar-refractivity contribution in [1.29, 1.82) is 0 Å². The van der Waals surface area contributed by atoms with Crippen molar-refractivity contribution in [3.05, 3.63) is 35.4 Å². The summed E-state index contributed by atoms with van der Waals surface area (Å²) in [4.78, 5) is 0. The first-order valence-electron chi connectivity index (χ1n) is 4.76. The van der Waals surface area contributed by atoms with E-state index in [4.69, 9.17) is 5.73 Å². The number of halogens is 2. The summed E-state index contributed by atoms with van der Waals surface area (Å²) in [5.74, 6) is -0.935. The van der Waals surface area contributed by atoms with E-state index >= 15 is 0 Å². The van der Waals surface area contributed by atoms with Crippen molar-refractivity contribution >= 4 is 0 Å². The normalized spacial score (nSPS) is 15.2. The molecule has 1 aromatic carbocycles. The number of benzene rings is 1. The molecule has 1 rings (SSSR count). The lowest BCUT2D eigenvalue weighted by atomic mass is 9.93. The second kappa shape index (κ2) is 4.51. The van der Waals surface area contributed by atoms with E-state index in [1.165, 1.54) is 12.1 Å². The van der Waals surface area contributed by atoms with Crippen LogP contribution in [-0.4, -0.2) is 0 Å². The van der Waals surface area contributed by atoms with Crippen molar-refractivity contribution in [3.8, 4) is 0 Å². The van der Waals surface area contributed by atoms with Gasteiger partial charge < -0.3 is 5.73 Å². The summed E-state index contributed by atoms with van der Waals surface area (Å²) in [6.07, 6.45) is 0.873. The minimum Gasteiger partial charge on any atom is -0.324 e. The monoisotopic (exact) mass is 199 g/mol. The minimum absolute atomic E-state index is 0.190. The molecule has 0 aliphatic rings. The minimum atomic E-state index is -0.567. The summed E-state index contributed by atoms with van der Waals surface area (Å²) < 4.78 is 25.9. The van der Waals surface area contributed by atoms with E-state index in [1.54, 1.807) is 0 Å². The van der Waals surface area contributed by atoms with Crippen LogP contribution in [0.2, 0.25) is 0 Å². The van der Waals surface area contributed by atoms with Crippen LogP contribution in [0.3, 0.4) is 0 Å². The molecule has 1 nitrogen and oxygen atoms in total. The van der Waals surface area contributed by atoms with Gasteiger partial charge in [-0.25, -0.2) is 8.78 Å². The lowest BCUT2D eigenvalue weighted by Gasteiger charge is -2.19. The Morgan fingerprint density at radius 3 is 2.50 bits per heavy atom. The van der Waals surface area contributed by atoms with Crippen LogP contribution in [0.15, 0.2) is 18.2 Å². The Balaban J connectivity index is 2.95. The lowest BCUT2D eigenvalue weighted by Crippen LogP contribution is -2.19. The molecule has 0 heterocycles. The second-order valence-corrected chi connectivity index (χ2v) is 3.58. The molecule has 2 atom stereocenters. The van der Waals surface area contributed by atoms with Crippen LogP contribution < -0.4 is 5.73 Å². The molecule has 0 spiro atoms. The third kappa shape index (κ3) is 2.29. The van der Waals surface area contributed by atoms with E-state index in [-0.39, 0.29) is 12.0 Å². The molecular formula is C11H15F2N. The molecule has 0 fully saturated rings. The lowest BCUT2D eigenvalue weighted by molar-refractivity contribution is 0.437. The smallest absolute Gasteiger partial charge is 0.130 e. The van der Waals surface area contributed by atoms with E-state index in [2.05, 4.69) is 0 Å². The molecule has 2 unspecified atom stereocenters. The first-order chi connectivity index (χ1) is 6.56. The van der Waals surface area contributed by atoms with E-state index in [0.29, 0.717) is 5.56 Å². The van der Waals surface area contributed by atoms with E-state index in [0.717, 1.165) is 12.5 Å². The maximum absolute atomic E-state index is 13.3. The molecule has 3 heteroatoms. The van der Waals surface area contributed by atoms with Gasteiger partial charge in [-0.3, -0.25) is 0 Å². The Hall–Kier alpha value is -0.960. The summed E-state index contributed by atoms with van der Waals surface area (Å²) in [6.45, 7) is 3.94. The van der Waals surface area contributed by atoms with Crippen molar-refractivity contribution in [2.24, 2.45) is 11.7 Å². The van der Waals surface area contributed by atoms with Gasteiger partial charge in [-0.05, 0) is 12.0 Å². The van der Waals surface area contributed by atoms with Crippen LogP contribution in [0.4, 0.5) is 8.78 Å². The zero-order valence-corrected chi connectivity index (χ0v) is 8.43. The summed E-state index contributed by atoms with van der Waals surface area (Å²) >= 11 is 0. The number of hydrogen-bond acceptors (Lipinski definition) is 1.